The highest BCUT2D eigenvalue weighted by Gasteiger charge is 2.25. The molecule has 0 saturated carbocycles. The second kappa shape index (κ2) is 5.12. The lowest BCUT2D eigenvalue weighted by Gasteiger charge is -2.06. The third-order valence-electron chi connectivity index (χ3n) is 1.18. The molecule has 0 aliphatic heterocycles. The molecule has 0 amide bonds. The van der Waals surface area contributed by atoms with E-state index in [1.807, 2.05) is 0 Å². The first-order chi connectivity index (χ1) is 5.13. The van der Waals surface area contributed by atoms with Crippen LogP contribution in [-0.4, -0.2) is 29.5 Å². The molecule has 0 bridgehead atoms. The molecule has 0 aliphatic rings. The van der Waals surface area contributed by atoms with Crippen LogP contribution in [0.1, 0.15) is 6.42 Å². The lowest BCUT2D eigenvalue weighted by molar-refractivity contribution is -0.156. The van der Waals surface area contributed by atoms with Crippen LogP contribution in [0, 0.1) is 5.92 Å². The number of hydrogen-bond acceptors (Lipinski definition) is 3. The predicted octanol–water partition coefficient (Wildman–Crippen LogP) is 0.645. The molecule has 0 heterocycles. The third-order valence-corrected chi connectivity index (χ3v) is 1.64. The van der Waals surface area contributed by atoms with E-state index in [4.69, 9.17) is 5.11 Å². The molecule has 0 spiro atoms. The summed E-state index contributed by atoms with van der Waals surface area (Å²) >= 11 is 3.04. The fourth-order valence-corrected chi connectivity index (χ4v) is 1.05. The number of halogens is 1. The number of rotatable bonds is 4. The number of methoxy groups -OCH3 is 1. The molecule has 0 radical (unpaired) electrons. The molecule has 0 aliphatic carbocycles. The van der Waals surface area contributed by atoms with E-state index in [1.165, 1.54) is 7.11 Å². The predicted molar refractivity (Wildman–Crippen MR) is 41.6 cm³/mol. The van der Waals surface area contributed by atoms with Crippen LogP contribution >= 0.6 is 15.9 Å². The van der Waals surface area contributed by atoms with E-state index in [2.05, 4.69) is 20.7 Å². The van der Waals surface area contributed by atoms with Crippen molar-refractivity contribution in [1.29, 1.82) is 0 Å². The first-order valence-corrected chi connectivity index (χ1v) is 4.12. The largest absolute Gasteiger partial charge is 0.481 e. The van der Waals surface area contributed by atoms with Gasteiger partial charge in [0.2, 0.25) is 0 Å². The van der Waals surface area contributed by atoms with E-state index in [9.17, 15) is 9.59 Å². The molecular weight excluding hydrogens is 216 g/mol. The smallest absolute Gasteiger partial charge is 0.320 e. The summed E-state index contributed by atoms with van der Waals surface area (Å²) in [6.45, 7) is 0. The summed E-state index contributed by atoms with van der Waals surface area (Å²) in [6.07, 6.45) is 0.252. The van der Waals surface area contributed by atoms with E-state index in [1.54, 1.807) is 0 Å². The number of ether oxygens (including phenoxy) is 1. The molecule has 0 aromatic carbocycles. The van der Waals surface area contributed by atoms with E-state index >= 15 is 0 Å². The lowest BCUT2D eigenvalue weighted by atomic mass is 10.1. The van der Waals surface area contributed by atoms with Gasteiger partial charge in [0.1, 0.15) is 0 Å². The van der Waals surface area contributed by atoms with Crippen molar-refractivity contribution in [3.63, 3.8) is 0 Å². The highest BCUT2D eigenvalue weighted by Crippen LogP contribution is 2.07. The zero-order valence-corrected chi connectivity index (χ0v) is 7.63. The van der Waals surface area contributed by atoms with E-state index < -0.39 is 17.9 Å². The molecule has 5 heteroatoms. The summed E-state index contributed by atoms with van der Waals surface area (Å²) in [5, 5.41) is 8.96. The van der Waals surface area contributed by atoms with Crippen molar-refractivity contribution in [2.75, 3.05) is 12.4 Å². The molecule has 0 saturated heterocycles. The summed E-state index contributed by atoms with van der Waals surface area (Å²) in [5.74, 6) is -2.88. The number of alkyl halides is 1. The van der Waals surface area contributed by atoms with Crippen LogP contribution in [0.3, 0.4) is 0 Å². The van der Waals surface area contributed by atoms with Crippen molar-refractivity contribution in [2.45, 2.75) is 6.42 Å². The van der Waals surface area contributed by atoms with Gasteiger partial charge in [-0.3, -0.25) is 9.59 Å². The quantitative estimate of drug-likeness (QED) is 0.433. The average Bonchev–Trinajstić information content (AvgIpc) is 1.98. The normalized spacial score (nSPS) is 12.2. The molecule has 11 heavy (non-hydrogen) atoms. The zero-order chi connectivity index (χ0) is 8.85. The highest BCUT2D eigenvalue weighted by molar-refractivity contribution is 9.09. The summed E-state index contributed by atoms with van der Waals surface area (Å²) in [7, 11) is 1.17. The zero-order valence-electron chi connectivity index (χ0n) is 6.04. The molecular formula is C6H9BrO4. The van der Waals surface area contributed by atoms with E-state index in [0.717, 1.165) is 0 Å². The highest BCUT2D eigenvalue weighted by atomic mass is 79.9. The minimum atomic E-state index is -1.14. The van der Waals surface area contributed by atoms with Gasteiger partial charge in [0.25, 0.3) is 0 Å². The van der Waals surface area contributed by atoms with Crippen molar-refractivity contribution < 1.29 is 19.4 Å². The fourth-order valence-electron chi connectivity index (χ4n) is 0.594. The first kappa shape index (κ1) is 10.4. The molecule has 0 aromatic rings. The molecule has 64 valence electrons. The monoisotopic (exact) mass is 224 g/mol. The summed E-state index contributed by atoms with van der Waals surface area (Å²) in [5.41, 5.74) is 0. The number of hydrogen-bond donors (Lipinski definition) is 1. The SMILES string of the molecule is COC(=O)C(CCBr)C(=O)O. The lowest BCUT2D eigenvalue weighted by Crippen LogP contribution is -2.25. The number of carbonyl (C=O) groups is 2. The van der Waals surface area contributed by atoms with Crippen molar-refractivity contribution in [2.24, 2.45) is 5.92 Å². The summed E-state index contributed by atoms with van der Waals surface area (Å²) in [4.78, 5) is 21.1. The Morgan fingerprint density at radius 2 is 2.18 bits per heavy atom. The van der Waals surface area contributed by atoms with Crippen LogP contribution in [0.5, 0.6) is 0 Å². The maximum absolute atomic E-state index is 10.7. The van der Waals surface area contributed by atoms with Crippen molar-refractivity contribution in [1.82, 2.24) is 0 Å². The van der Waals surface area contributed by atoms with Gasteiger partial charge < -0.3 is 9.84 Å². The molecule has 1 N–H and O–H groups in total. The number of esters is 1. The first-order valence-electron chi connectivity index (χ1n) is 3.00. The van der Waals surface area contributed by atoms with Gasteiger partial charge in [-0.25, -0.2) is 0 Å². The topological polar surface area (TPSA) is 63.6 Å². The molecule has 4 nitrogen and oxygen atoms in total. The third kappa shape index (κ3) is 3.36. The van der Waals surface area contributed by atoms with Crippen LogP contribution in [0.2, 0.25) is 0 Å². The Morgan fingerprint density at radius 3 is 2.45 bits per heavy atom. The Balaban J connectivity index is 4.09. The van der Waals surface area contributed by atoms with Gasteiger partial charge in [-0.2, -0.15) is 0 Å². The summed E-state index contributed by atoms with van der Waals surface area (Å²) in [6, 6.07) is 0. The number of aliphatic carboxylic acids is 1. The van der Waals surface area contributed by atoms with Gasteiger partial charge in [-0.15, -0.1) is 0 Å². The van der Waals surface area contributed by atoms with Crippen molar-refractivity contribution >= 4 is 27.9 Å². The van der Waals surface area contributed by atoms with Gasteiger partial charge in [0.15, 0.2) is 5.92 Å². The van der Waals surface area contributed by atoms with Gasteiger partial charge >= 0.3 is 11.9 Å². The Morgan fingerprint density at radius 1 is 1.64 bits per heavy atom. The Labute approximate surface area is 72.7 Å². The van der Waals surface area contributed by atoms with Crippen LogP contribution in [0.15, 0.2) is 0 Å². The van der Waals surface area contributed by atoms with Crippen LogP contribution in [-0.2, 0) is 14.3 Å². The molecule has 1 atom stereocenters. The minimum absolute atomic E-state index is 0.252. The average molecular weight is 225 g/mol. The fraction of sp³-hybridized carbons (Fsp3) is 0.667. The Kier molecular flexibility index (Phi) is 4.85. The van der Waals surface area contributed by atoms with E-state index in [0.29, 0.717) is 5.33 Å². The van der Waals surface area contributed by atoms with Crippen molar-refractivity contribution in [3.8, 4) is 0 Å². The Hall–Kier alpha value is -0.580. The standard InChI is InChI=1S/C6H9BrO4/c1-11-6(10)4(2-3-7)5(8)9/h4H,2-3H2,1H3,(H,8,9). The molecule has 0 fully saturated rings. The maximum atomic E-state index is 10.7. The van der Waals surface area contributed by atoms with Crippen LogP contribution in [0.4, 0.5) is 0 Å². The minimum Gasteiger partial charge on any atom is -0.481 e. The molecule has 1 unspecified atom stereocenters. The Bertz CT molecular complexity index is 157. The van der Waals surface area contributed by atoms with Crippen molar-refractivity contribution in [3.05, 3.63) is 0 Å². The molecule has 0 aromatic heterocycles. The summed E-state index contributed by atoms with van der Waals surface area (Å²) < 4.78 is 4.29. The molecule has 0 rings (SSSR count). The van der Waals surface area contributed by atoms with Crippen LogP contribution < -0.4 is 0 Å². The second-order valence-corrected chi connectivity index (χ2v) is 2.68. The number of carboxylic acid groups (broad SMARTS) is 1. The van der Waals surface area contributed by atoms with E-state index in [-0.39, 0.29) is 6.42 Å². The van der Waals surface area contributed by atoms with Crippen LogP contribution in [0.25, 0.3) is 0 Å². The maximum Gasteiger partial charge on any atom is 0.320 e. The second-order valence-electron chi connectivity index (χ2n) is 1.89. The van der Waals surface area contributed by atoms with Gasteiger partial charge in [-0.05, 0) is 6.42 Å². The van der Waals surface area contributed by atoms with Gasteiger partial charge in [-0.1, -0.05) is 15.9 Å². The van der Waals surface area contributed by atoms with Gasteiger partial charge in [0, 0.05) is 5.33 Å². The number of carboxylic acids is 1. The van der Waals surface area contributed by atoms with Gasteiger partial charge in [0.05, 0.1) is 7.11 Å². The number of carbonyl (C=O) groups excluding carboxylic acids is 1.